The first-order valence-electron chi connectivity index (χ1n) is 8.31. The molecule has 1 aromatic rings. The smallest absolute Gasteiger partial charge is 0.126 e. The van der Waals surface area contributed by atoms with E-state index < -0.39 is 0 Å². The molecule has 0 unspecified atom stereocenters. The fraction of sp³-hybridized carbons (Fsp3) is 0.824. The molecule has 0 aliphatic heterocycles. The third kappa shape index (κ3) is 1.61. The summed E-state index contributed by atoms with van der Waals surface area (Å²) in [5.74, 6) is 5.50. The normalized spacial score (nSPS) is 38.9. The molecule has 4 saturated carbocycles. The minimum Gasteiger partial charge on any atom is -0.384 e. The van der Waals surface area contributed by atoms with E-state index >= 15 is 0 Å². The highest BCUT2D eigenvalue weighted by molar-refractivity contribution is 5.42. The first kappa shape index (κ1) is 12.7. The van der Waals surface area contributed by atoms with Crippen molar-refractivity contribution in [1.82, 2.24) is 9.55 Å². The van der Waals surface area contributed by atoms with E-state index in [4.69, 9.17) is 10.7 Å². The van der Waals surface area contributed by atoms with Crippen LogP contribution in [-0.2, 0) is 12.5 Å². The second kappa shape index (κ2) is 4.02. The van der Waals surface area contributed by atoms with E-state index in [2.05, 4.69) is 25.5 Å². The lowest BCUT2D eigenvalue weighted by atomic mass is 9.49. The Kier molecular flexibility index (Phi) is 2.56. The molecule has 1 heterocycles. The number of rotatable bonds is 2. The highest BCUT2D eigenvalue weighted by Gasteiger charge is 2.53. The molecule has 2 N–H and O–H groups in total. The van der Waals surface area contributed by atoms with E-state index in [1.54, 1.807) is 0 Å². The van der Waals surface area contributed by atoms with Crippen LogP contribution >= 0.6 is 0 Å². The first-order chi connectivity index (χ1) is 9.48. The van der Waals surface area contributed by atoms with Crippen LogP contribution < -0.4 is 5.73 Å². The molecule has 4 aliphatic rings. The Balaban J connectivity index is 1.79. The van der Waals surface area contributed by atoms with Crippen LogP contribution in [0.3, 0.4) is 0 Å². The molecule has 4 fully saturated rings. The van der Waals surface area contributed by atoms with Crippen LogP contribution in [0.5, 0.6) is 0 Å². The Morgan fingerprint density at radius 2 is 1.60 bits per heavy atom. The minimum absolute atomic E-state index is 0.352. The van der Waals surface area contributed by atoms with Gasteiger partial charge in [0.25, 0.3) is 0 Å². The van der Waals surface area contributed by atoms with Gasteiger partial charge >= 0.3 is 0 Å². The van der Waals surface area contributed by atoms with E-state index in [1.165, 1.54) is 44.3 Å². The van der Waals surface area contributed by atoms with Crippen molar-refractivity contribution in [1.29, 1.82) is 0 Å². The van der Waals surface area contributed by atoms with Crippen LogP contribution in [-0.4, -0.2) is 9.55 Å². The predicted octanol–water partition coefficient (Wildman–Crippen LogP) is 3.59. The van der Waals surface area contributed by atoms with Gasteiger partial charge in [-0.3, -0.25) is 0 Å². The van der Waals surface area contributed by atoms with E-state index in [1.807, 2.05) is 0 Å². The van der Waals surface area contributed by atoms with Crippen LogP contribution in [0.25, 0.3) is 0 Å². The standard InChI is InChI=1S/C17H27N3/c1-10(2)14-15(18)20(3)16(19-14)17-7-11-4-12(8-17)6-13(5-11)9-17/h10-13H,4-9,18H2,1-3H3. The van der Waals surface area contributed by atoms with E-state index in [0.29, 0.717) is 11.3 Å². The molecule has 4 bridgehead atoms. The predicted molar refractivity (Wildman–Crippen MR) is 81.6 cm³/mol. The SMILES string of the molecule is CC(C)c1nc(C23CC4CC(CC(C4)C2)C3)n(C)c1N. The van der Waals surface area contributed by atoms with Crippen molar-refractivity contribution in [2.75, 3.05) is 5.73 Å². The van der Waals surface area contributed by atoms with E-state index in [0.717, 1.165) is 29.3 Å². The Bertz CT molecular complexity index is 505. The molecular formula is C17H27N3. The van der Waals surface area contributed by atoms with Crippen molar-refractivity contribution in [2.24, 2.45) is 24.8 Å². The van der Waals surface area contributed by atoms with Gasteiger partial charge in [-0.15, -0.1) is 0 Å². The van der Waals surface area contributed by atoms with Crippen LogP contribution in [0.1, 0.15) is 69.8 Å². The van der Waals surface area contributed by atoms with Gasteiger partial charge in [0.2, 0.25) is 0 Å². The van der Waals surface area contributed by atoms with Gasteiger partial charge in [-0.1, -0.05) is 13.8 Å². The van der Waals surface area contributed by atoms with Crippen molar-refractivity contribution < 1.29 is 0 Å². The quantitative estimate of drug-likeness (QED) is 0.895. The molecule has 0 spiro atoms. The topological polar surface area (TPSA) is 43.8 Å². The molecule has 20 heavy (non-hydrogen) atoms. The van der Waals surface area contributed by atoms with Gasteiger partial charge in [-0.05, 0) is 62.2 Å². The number of hydrogen-bond acceptors (Lipinski definition) is 2. The highest BCUT2D eigenvalue weighted by Crippen LogP contribution is 2.60. The zero-order valence-corrected chi connectivity index (χ0v) is 13.0. The molecule has 3 heteroatoms. The summed E-state index contributed by atoms with van der Waals surface area (Å²) >= 11 is 0. The summed E-state index contributed by atoms with van der Waals surface area (Å²) in [4.78, 5) is 5.04. The van der Waals surface area contributed by atoms with Gasteiger partial charge in [0, 0.05) is 12.5 Å². The highest BCUT2D eigenvalue weighted by atomic mass is 15.1. The number of aromatic nitrogens is 2. The second-order valence-electron chi connectivity index (χ2n) is 8.12. The summed E-state index contributed by atoms with van der Waals surface area (Å²) in [5.41, 5.74) is 7.79. The molecule has 5 rings (SSSR count). The van der Waals surface area contributed by atoms with Gasteiger partial charge < -0.3 is 10.3 Å². The number of imidazole rings is 1. The molecule has 0 atom stereocenters. The summed E-state index contributed by atoms with van der Waals surface area (Å²) in [6.07, 6.45) is 8.53. The van der Waals surface area contributed by atoms with Gasteiger partial charge in [0.1, 0.15) is 11.6 Å². The van der Waals surface area contributed by atoms with Crippen LogP contribution in [0, 0.1) is 17.8 Å². The number of anilines is 1. The molecule has 0 saturated heterocycles. The third-order valence-electron chi connectivity index (χ3n) is 6.23. The maximum Gasteiger partial charge on any atom is 0.126 e. The van der Waals surface area contributed by atoms with E-state index in [-0.39, 0.29) is 0 Å². The molecule has 0 amide bonds. The first-order valence-corrected chi connectivity index (χ1v) is 8.31. The maximum atomic E-state index is 6.32. The van der Waals surface area contributed by atoms with Crippen molar-refractivity contribution in [3.63, 3.8) is 0 Å². The largest absolute Gasteiger partial charge is 0.384 e. The van der Waals surface area contributed by atoms with Crippen molar-refractivity contribution in [2.45, 2.75) is 63.7 Å². The molecule has 1 aromatic heterocycles. The number of nitrogens with two attached hydrogens (primary N) is 1. The molecule has 0 radical (unpaired) electrons. The van der Waals surface area contributed by atoms with Gasteiger partial charge in [-0.25, -0.2) is 4.98 Å². The Morgan fingerprint density at radius 1 is 1.10 bits per heavy atom. The minimum atomic E-state index is 0.352. The number of nitrogens with zero attached hydrogens (tertiary/aromatic N) is 2. The summed E-state index contributed by atoms with van der Waals surface area (Å²) in [5, 5.41) is 0. The third-order valence-corrected chi connectivity index (χ3v) is 6.23. The summed E-state index contributed by atoms with van der Waals surface area (Å²) in [6.45, 7) is 4.39. The molecule has 0 aromatic carbocycles. The molecule has 3 nitrogen and oxygen atoms in total. The van der Waals surface area contributed by atoms with Gasteiger partial charge in [-0.2, -0.15) is 0 Å². The Labute approximate surface area is 122 Å². The van der Waals surface area contributed by atoms with Crippen molar-refractivity contribution in [3.8, 4) is 0 Å². The average molecular weight is 273 g/mol. The summed E-state index contributed by atoms with van der Waals surface area (Å²) in [6, 6.07) is 0. The lowest BCUT2D eigenvalue weighted by molar-refractivity contribution is -0.0105. The summed E-state index contributed by atoms with van der Waals surface area (Å²) < 4.78 is 2.21. The zero-order chi connectivity index (χ0) is 14.1. The van der Waals surface area contributed by atoms with Crippen molar-refractivity contribution >= 4 is 5.82 Å². The van der Waals surface area contributed by atoms with E-state index in [9.17, 15) is 0 Å². The Morgan fingerprint density at radius 3 is 2.00 bits per heavy atom. The fourth-order valence-corrected chi connectivity index (χ4v) is 5.82. The second-order valence-corrected chi connectivity index (χ2v) is 8.12. The molecule has 110 valence electrons. The average Bonchev–Trinajstić information content (AvgIpc) is 2.65. The Hall–Kier alpha value is -0.990. The lowest BCUT2D eigenvalue weighted by Gasteiger charge is -2.56. The van der Waals surface area contributed by atoms with Gasteiger partial charge in [0.15, 0.2) is 0 Å². The fourth-order valence-electron chi connectivity index (χ4n) is 5.82. The lowest BCUT2D eigenvalue weighted by Crippen LogP contribution is -2.49. The monoisotopic (exact) mass is 273 g/mol. The molecule has 4 aliphatic carbocycles. The number of hydrogen-bond donors (Lipinski definition) is 1. The zero-order valence-electron chi connectivity index (χ0n) is 13.0. The molecular weight excluding hydrogens is 246 g/mol. The number of nitrogen functional groups attached to an aromatic ring is 1. The maximum absolute atomic E-state index is 6.32. The van der Waals surface area contributed by atoms with Gasteiger partial charge in [0.05, 0.1) is 5.69 Å². The summed E-state index contributed by atoms with van der Waals surface area (Å²) in [7, 11) is 2.13. The van der Waals surface area contributed by atoms with Crippen LogP contribution in [0.4, 0.5) is 5.82 Å². The van der Waals surface area contributed by atoms with Crippen molar-refractivity contribution in [3.05, 3.63) is 11.5 Å². The van der Waals surface area contributed by atoms with Crippen LogP contribution in [0.2, 0.25) is 0 Å². The van der Waals surface area contributed by atoms with Crippen LogP contribution in [0.15, 0.2) is 0 Å².